The molecule has 2 aliphatic heterocycles. The monoisotopic (exact) mass is 508 g/mol. The molecule has 0 aromatic heterocycles. The second-order valence-corrected chi connectivity index (χ2v) is 11.4. The van der Waals surface area contributed by atoms with Gasteiger partial charge < -0.3 is 4.90 Å². The predicted molar refractivity (Wildman–Crippen MR) is 147 cm³/mol. The third-order valence-corrected chi connectivity index (χ3v) is 7.92. The van der Waals surface area contributed by atoms with Gasteiger partial charge >= 0.3 is 0 Å². The highest BCUT2D eigenvalue weighted by molar-refractivity contribution is 6.39. The summed E-state index contributed by atoms with van der Waals surface area (Å²) in [6.07, 6.45) is 7.13. The van der Waals surface area contributed by atoms with Gasteiger partial charge in [0.2, 0.25) is 0 Å². The van der Waals surface area contributed by atoms with Crippen LogP contribution in [0.3, 0.4) is 0 Å². The van der Waals surface area contributed by atoms with Crippen molar-refractivity contribution < 1.29 is 4.39 Å². The quantitative estimate of drug-likeness (QED) is 0.348. The van der Waals surface area contributed by atoms with E-state index in [2.05, 4.69) is 55.0 Å². The Kier molecular flexibility index (Phi) is 6.69. The van der Waals surface area contributed by atoms with Crippen molar-refractivity contribution in [3.8, 4) is 11.1 Å². The van der Waals surface area contributed by atoms with E-state index in [1.165, 1.54) is 11.6 Å². The number of halogens is 3. The third-order valence-electron chi connectivity index (χ3n) is 7.31. The normalized spacial score (nSPS) is 17.0. The van der Waals surface area contributed by atoms with Crippen LogP contribution in [0.1, 0.15) is 50.7 Å². The average molecular weight is 509 g/mol. The van der Waals surface area contributed by atoms with E-state index in [9.17, 15) is 4.39 Å². The Morgan fingerprint density at radius 3 is 2.26 bits per heavy atom. The number of hydrogen-bond donors (Lipinski definition) is 0. The molecule has 2 nitrogen and oxygen atoms in total. The highest BCUT2D eigenvalue weighted by Gasteiger charge is 2.30. The largest absolute Gasteiger partial charge is 0.314 e. The van der Waals surface area contributed by atoms with Gasteiger partial charge in [0, 0.05) is 11.7 Å². The van der Waals surface area contributed by atoms with Crippen molar-refractivity contribution in [3.63, 3.8) is 0 Å². The topological polar surface area (TPSA) is 6.48 Å². The number of likely N-dealkylation sites (tertiary alicyclic amines) is 1. The van der Waals surface area contributed by atoms with Crippen molar-refractivity contribution in [2.24, 2.45) is 0 Å². The Hall–Kier alpha value is -2.33. The highest BCUT2D eigenvalue weighted by atomic mass is 35.5. The van der Waals surface area contributed by atoms with Gasteiger partial charge in [-0.2, -0.15) is 0 Å². The van der Waals surface area contributed by atoms with E-state index in [0.717, 1.165) is 60.4 Å². The van der Waals surface area contributed by atoms with E-state index in [0.29, 0.717) is 16.0 Å². The minimum atomic E-state index is -0.225. The molecule has 0 aliphatic carbocycles. The van der Waals surface area contributed by atoms with Crippen LogP contribution in [0.2, 0.25) is 10.0 Å². The molecule has 182 valence electrons. The van der Waals surface area contributed by atoms with Crippen LogP contribution >= 0.6 is 23.2 Å². The number of fused-ring (bicyclic) bond motifs is 1. The number of benzene rings is 3. The maximum atomic E-state index is 14.3. The van der Waals surface area contributed by atoms with Crippen molar-refractivity contribution in [1.29, 1.82) is 0 Å². The van der Waals surface area contributed by atoms with E-state index >= 15 is 0 Å². The van der Waals surface area contributed by atoms with Crippen LogP contribution in [0.5, 0.6) is 0 Å². The first-order valence-corrected chi connectivity index (χ1v) is 13.1. The number of piperidine rings is 1. The molecule has 0 N–H and O–H groups in total. The van der Waals surface area contributed by atoms with Crippen molar-refractivity contribution in [2.75, 3.05) is 18.0 Å². The molecule has 1 saturated heterocycles. The zero-order valence-corrected chi connectivity index (χ0v) is 22.0. The minimum absolute atomic E-state index is 0.177. The Morgan fingerprint density at radius 1 is 0.914 bits per heavy atom. The maximum Gasteiger partial charge on any atom is 0.123 e. The summed E-state index contributed by atoms with van der Waals surface area (Å²) in [5.74, 6) is 0.221. The zero-order valence-electron chi connectivity index (χ0n) is 20.5. The lowest BCUT2D eigenvalue weighted by Crippen LogP contribution is -2.45. The molecular formula is C30H31Cl2FN2. The molecule has 0 atom stereocenters. The molecule has 0 amide bonds. The van der Waals surface area contributed by atoms with Crippen LogP contribution in [-0.4, -0.2) is 23.5 Å². The lowest BCUT2D eigenvalue weighted by molar-refractivity contribution is 0.102. The molecule has 2 heterocycles. The van der Waals surface area contributed by atoms with Gasteiger partial charge in [0.15, 0.2) is 0 Å². The molecule has 0 saturated carbocycles. The standard InChI is InChI=1S/C30H31Cl2FN2/c1-30(2,3)34-15-12-20(13-16-34)22-18-25(21-7-4-8-23(33)17-21)24-9-6-14-35(28(24)19-22)29-26(31)10-5-11-27(29)32/h4-8,10-11,14,17-20H,9,12-13,15-16H2,1-3H3. The summed E-state index contributed by atoms with van der Waals surface area (Å²) in [5, 5.41) is 1.21. The lowest BCUT2D eigenvalue weighted by atomic mass is 9.83. The van der Waals surface area contributed by atoms with Crippen LogP contribution < -0.4 is 4.90 Å². The molecular weight excluding hydrogens is 478 g/mol. The summed E-state index contributed by atoms with van der Waals surface area (Å²) < 4.78 is 14.3. The summed E-state index contributed by atoms with van der Waals surface area (Å²) in [6, 6.07) is 17.1. The summed E-state index contributed by atoms with van der Waals surface area (Å²) in [4.78, 5) is 4.66. The SMILES string of the molecule is CC(C)(C)N1CCC(c2cc(-c3cccc(F)c3)c3c(c2)N(c2c(Cl)cccc2Cl)C=CC3)CC1. The van der Waals surface area contributed by atoms with Crippen molar-refractivity contribution in [1.82, 2.24) is 4.90 Å². The molecule has 0 bridgehead atoms. The molecule has 0 spiro atoms. The fourth-order valence-electron chi connectivity index (χ4n) is 5.41. The summed E-state index contributed by atoms with van der Waals surface area (Å²) >= 11 is 13.3. The summed E-state index contributed by atoms with van der Waals surface area (Å²) in [5.41, 5.74) is 6.44. The molecule has 5 heteroatoms. The molecule has 0 unspecified atom stereocenters. The molecule has 35 heavy (non-hydrogen) atoms. The van der Waals surface area contributed by atoms with Gasteiger partial charge in [-0.05, 0) is 112 Å². The van der Waals surface area contributed by atoms with E-state index in [4.69, 9.17) is 23.2 Å². The number of hydrogen-bond acceptors (Lipinski definition) is 2. The fraction of sp³-hybridized carbons (Fsp3) is 0.333. The summed E-state index contributed by atoms with van der Waals surface area (Å²) in [6.45, 7) is 8.99. The first-order chi connectivity index (χ1) is 16.7. The molecule has 2 aliphatic rings. The molecule has 1 fully saturated rings. The predicted octanol–water partition coefficient (Wildman–Crippen LogP) is 8.99. The Bertz CT molecular complexity index is 1250. The van der Waals surface area contributed by atoms with Gasteiger partial charge in [0.25, 0.3) is 0 Å². The van der Waals surface area contributed by atoms with Gasteiger partial charge in [-0.3, -0.25) is 4.90 Å². The van der Waals surface area contributed by atoms with Gasteiger partial charge in [-0.1, -0.05) is 53.5 Å². The second kappa shape index (κ2) is 9.61. The second-order valence-electron chi connectivity index (χ2n) is 10.5. The van der Waals surface area contributed by atoms with Gasteiger partial charge in [-0.15, -0.1) is 0 Å². The number of allylic oxidation sites excluding steroid dienone is 1. The third kappa shape index (κ3) is 4.87. The van der Waals surface area contributed by atoms with Gasteiger partial charge in [0.1, 0.15) is 5.82 Å². The van der Waals surface area contributed by atoms with E-state index in [1.54, 1.807) is 12.1 Å². The average Bonchev–Trinajstić information content (AvgIpc) is 2.83. The van der Waals surface area contributed by atoms with Gasteiger partial charge in [0.05, 0.1) is 21.4 Å². The van der Waals surface area contributed by atoms with Crippen molar-refractivity contribution >= 4 is 34.6 Å². The van der Waals surface area contributed by atoms with Crippen LogP contribution in [-0.2, 0) is 6.42 Å². The highest BCUT2D eigenvalue weighted by Crippen LogP contribution is 2.46. The molecule has 3 aromatic rings. The Balaban J connectivity index is 1.63. The van der Waals surface area contributed by atoms with E-state index in [-0.39, 0.29) is 11.4 Å². The van der Waals surface area contributed by atoms with Crippen LogP contribution in [0, 0.1) is 5.82 Å². The molecule has 3 aromatic carbocycles. The van der Waals surface area contributed by atoms with Crippen molar-refractivity contribution in [3.05, 3.63) is 93.9 Å². The van der Waals surface area contributed by atoms with Crippen molar-refractivity contribution in [2.45, 2.75) is 51.5 Å². The first kappa shape index (κ1) is 24.4. The first-order valence-electron chi connectivity index (χ1n) is 12.3. The molecule has 5 rings (SSSR count). The zero-order chi connectivity index (χ0) is 24.7. The smallest absolute Gasteiger partial charge is 0.123 e. The van der Waals surface area contributed by atoms with Crippen LogP contribution in [0.4, 0.5) is 15.8 Å². The number of para-hydroxylation sites is 1. The van der Waals surface area contributed by atoms with Crippen LogP contribution in [0.15, 0.2) is 66.9 Å². The Labute approximate surface area is 218 Å². The van der Waals surface area contributed by atoms with E-state index in [1.807, 2.05) is 24.3 Å². The number of nitrogens with zero attached hydrogens (tertiary/aromatic N) is 2. The lowest BCUT2D eigenvalue weighted by Gasteiger charge is -2.41. The summed E-state index contributed by atoms with van der Waals surface area (Å²) in [7, 11) is 0. The number of rotatable bonds is 3. The fourth-order valence-corrected chi connectivity index (χ4v) is 5.99. The minimum Gasteiger partial charge on any atom is -0.314 e. The van der Waals surface area contributed by atoms with Crippen LogP contribution in [0.25, 0.3) is 11.1 Å². The Morgan fingerprint density at radius 2 is 1.60 bits per heavy atom. The van der Waals surface area contributed by atoms with Gasteiger partial charge in [-0.25, -0.2) is 4.39 Å². The number of anilines is 2. The molecule has 0 radical (unpaired) electrons. The maximum absolute atomic E-state index is 14.3. The van der Waals surface area contributed by atoms with E-state index < -0.39 is 0 Å².